The maximum absolute atomic E-state index is 13.2. The first kappa shape index (κ1) is 18.0. The minimum atomic E-state index is -0.320. The van der Waals surface area contributed by atoms with E-state index in [1.165, 1.54) is 12.1 Å². The predicted octanol–water partition coefficient (Wildman–Crippen LogP) is 3.86. The molecule has 1 amide bonds. The Labute approximate surface area is 162 Å². The van der Waals surface area contributed by atoms with Crippen molar-refractivity contribution in [2.24, 2.45) is 0 Å². The standard InChI is InChI=1S/C21H21FN4O2/c1-14(23-16-5-9-18(28-2)10-6-16)19-13-20-21(27)25(11-12-26(20)24-19)17-7-3-15(22)4-8-17/h3-10,13-14,23H,11-12H2,1-2H3. The van der Waals surface area contributed by atoms with Gasteiger partial charge in [0.05, 0.1) is 25.4 Å². The average Bonchev–Trinajstić information content (AvgIpc) is 3.15. The van der Waals surface area contributed by atoms with Crippen LogP contribution in [0.4, 0.5) is 15.8 Å². The quantitative estimate of drug-likeness (QED) is 0.730. The van der Waals surface area contributed by atoms with Crippen molar-refractivity contribution in [2.75, 3.05) is 23.9 Å². The van der Waals surface area contributed by atoms with E-state index in [1.54, 1.807) is 28.8 Å². The summed E-state index contributed by atoms with van der Waals surface area (Å²) in [6.45, 7) is 3.09. The summed E-state index contributed by atoms with van der Waals surface area (Å²) in [6.07, 6.45) is 0. The summed E-state index contributed by atoms with van der Waals surface area (Å²) >= 11 is 0. The van der Waals surface area contributed by atoms with Crippen molar-refractivity contribution < 1.29 is 13.9 Å². The van der Waals surface area contributed by atoms with Crippen LogP contribution in [0.25, 0.3) is 0 Å². The lowest BCUT2D eigenvalue weighted by atomic mass is 10.1. The molecule has 144 valence electrons. The van der Waals surface area contributed by atoms with E-state index in [0.717, 1.165) is 17.1 Å². The maximum atomic E-state index is 13.2. The van der Waals surface area contributed by atoms with Crippen molar-refractivity contribution in [1.29, 1.82) is 0 Å². The van der Waals surface area contributed by atoms with Crippen LogP contribution in [0.2, 0.25) is 0 Å². The number of nitrogens with one attached hydrogen (secondary N) is 1. The van der Waals surface area contributed by atoms with Crippen LogP contribution >= 0.6 is 0 Å². The summed E-state index contributed by atoms with van der Waals surface area (Å²) in [7, 11) is 1.63. The largest absolute Gasteiger partial charge is 0.497 e. The molecule has 1 aliphatic heterocycles. The Balaban J connectivity index is 1.52. The van der Waals surface area contributed by atoms with Gasteiger partial charge in [0, 0.05) is 17.9 Å². The lowest BCUT2D eigenvalue weighted by molar-refractivity contribution is 0.0962. The molecule has 6 nitrogen and oxygen atoms in total. The van der Waals surface area contributed by atoms with Crippen LogP contribution in [0, 0.1) is 5.82 Å². The second-order valence-corrected chi connectivity index (χ2v) is 6.71. The molecule has 1 aromatic heterocycles. The Kier molecular flexibility index (Phi) is 4.73. The highest BCUT2D eigenvalue weighted by Crippen LogP contribution is 2.25. The molecule has 1 atom stereocenters. The number of benzene rings is 2. The zero-order chi connectivity index (χ0) is 19.7. The molecule has 0 aliphatic carbocycles. The molecular formula is C21H21FN4O2. The number of nitrogens with zero attached hydrogens (tertiary/aromatic N) is 3. The summed E-state index contributed by atoms with van der Waals surface area (Å²) in [4.78, 5) is 14.6. The van der Waals surface area contributed by atoms with Gasteiger partial charge in [-0.1, -0.05) is 0 Å². The van der Waals surface area contributed by atoms with Gasteiger partial charge in [0.25, 0.3) is 5.91 Å². The van der Waals surface area contributed by atoms with Crippen LogP contribution in [0.5, 0.6) is 5.75 Å². The van der Waals surface area contributed by atoms with Gasteiger partial charge in [0.1, 0.15) is 17.3 Å². The van der Waals surface area contributed by atoms with E-state index >= 15 is 0 Å². The van der Waals surface area contributed by atoms with Crippen molar-refractivity contribution in [3.8, 4) is 5.75 Å². The third-order valence-electron chi connectivity index (χ3n) is 4.85. The number of aromatic nitrogens is 2. The number of hydrogen-bond acceptors (Lipinski definition) is 4. The van der Waals surface area contributed by atoms with E-state index in [9.17, 15) is 9.18 Å². The van der Waals surface area contributed by atoms with Crippen molar-refractivity contribution in [1.82, 2.24) is 9.78 Å². The first-order valence-electron chi connectivity index (χ1n) is 9.11. The van der Waals surface area contributed by atoms with E-state index in [-0.39, 0.29) is 17.8 Å². The van der Waals surface area contributed by atoms with E-state index in [4.69, 9.17) is 4.74 Å². The van der Waals surface area contributed by atoms with Crippen molar-refractivity contribution in [2.45, 2.75) is 19.5 Å². The second kappa shape index (κ2) is 7.34. The van der Waals surface area contributed by atoms with Crippen LogP contribution in [0.3, 0.4) is 0 Å². The van der Waals surface area contributed by atoms with E-state index in [1.807, 2.05) is 37.3 Å². The third kappa shape index (κ3) is 3.43. The molecule has 0 saturated carbocycles. The molecule has 0 saturated heterocycles. The molecule has 0 bridgehead atoms. The van der Waals surface area contributed by atoms with Crippen molar-refractivity contribution >= 4 is 17.3 Å². The normalized spacial score (nSPS) is 14.5. The number of rotatable bonds is 5. The van der Waals surface area contributed by atoms with Gasteiger partial charge in [0.2, 0.25) is 0 Å². The predicted molar refractivity (Wildman–Crippen MR) is 105 cm³/mol. The molecule has 0 spiro atoms. The van der Waals surface area contributed by atoms with Gasteiger partial charge in [-0.25, -0.2) is 4.39 Å². The molecule has 28 heavy (non-hydrogen) atoms. The van der Waals surface area contributed by atoms with Crippen LogP contribution in [-0.2, 0) is 6.54 Å². The van der Waals surface area contributed by atoms with Gasteiger partial charge in [-0.15, -0.1) is 0 Å². The topological polar surface area (TPSA) is 59.4 Å². The lowest BCUT2D eigenvalue weighted by Crippen LogP contribution is -2.40. The number of ether oxygens (including phenoxy) is 1. The summed E-state index contributed by atoms with van der Waals surface area (Å²) in [6, 6.07) is 15.4. The Morgan fingerprint density at radius 1 is 1.11 bits per heavy atom. The summed E-state index contributed by atoms with van der Waals surface area (Å²) < 4.78 is 20.1. The average molecular weight is 380 g/mol. The number of fused-ring (bicyclic) bond motifs is 1. The molecule has 0 fully saturated rings. The molecule has 0 radical (unpaired) electrons. The van der Waals surface area contributed by atoms with E-state index in [0.29, 0.717) is 24.5 Å². The molecular weight excluding hydrogens is 359 g/mol. The molecule has 2 aromatic carbocycles. The number of methoxy groups -OCH3 is 1. The molecule has 1 aliphatic rings. The second-order valence-electron chi connectivity index (χ2n) is 6.71. The minimum absolute atomic E-state index is 0.0708. The minimum Gasteiger partial charge on any atom is -0.497 e. The van der Waals surface area contributed by atoms with Gasteiger partial charge in [0.15, 0.2) is 0 Å². The van der Waals surface area contributed by atoms with Gasteiger partial charge in [-0.05, 0) is 61.5 Å². The van der Waals surface area contributed by atoms with Gasteiger partial charge in [-0.3, -0.25) is 9.48 Å². The molecule has 4 rings (SSSR count). The number of hydrogen-bond donors (Lipinski definition) is 1. The van der Waals surface area contributed by atoms with Crippen molar-refractivity contribution in [3.63, 3.8) is 0 Å². The van der Waals surface area contributed by atoms with Gasteiger partial charge in [-0.2, -0.15) is 5.10 Å². The monoisotopic (exact) mass is 380 g/mol. The first-order chi connectivity index (χ1) is 13.5. The van der Waals surface area contributed by atoms with E-state index in [2.05, 4.69) is 10.4 Å². The fraction of sp³-hybridized carbons (Fsp3) is 0.238. The molecule has 7 heteroatoms. The maximum Gasteiger partial charge on any atom is 0.276 e. The highest BCUT2D eigenvalue weighted by atomic mass is 19.1. The molecule has 1 unspecified atom stereocenters. The summed E-state index contributed by atoms with van der Waals surface area (Å²) in [5.74, 6) is 0.342. The SMILES string of the molecule is COc1ccc(NC(C)c2cc3n(n2)CCN(c2ccc(F)cc2)C3=O)cc1. The van der Waals surface area contributed by atoms with Crippen LogP contribution in [0.1, 0.15) is 29.1 Å². The fourth-order valence-electron chi connectivity index (χ4n) is 3.30. The Morgan fingerprint density at radius 2 is 1.82 bits per heavy atom. The zero-order valence-corrected chi connectivity index (χ0v) is 15.7. The highest BCUT2D eigenvalue weighted by molar-refractivity contribution is 6.05. The van der Waals surface area contributed by atoms with Gasteiger partial charge < -0.3 is 15.0 Å². The van der Waals surface area contributed by atoms with Crippen LogP contribution < -0.4 is 15.0 Å². The Hall–Kier alpha value is -3.35. The van der Waals surface area contributed by atoms with Crippen LogP contribution in [-0.4, -0.2) is 29.3 Å². The van der Waals surface area contributed by atoms with Gasteiger partial charge >= 0.3 is 0 Å². The number of halogens is 1. The smallest absolute Gasteiger partial charge is 0.276 e. The molecule has 2 heterocycles. The molecule has 1 N–H and O–H groups in total. The molecule has 3 aromatic rings. The number of carbonyl (C=O) groups is 1. The Bertz CT molecular complexity index is 983. The van der Waals surface area contributed by atoms with E-state index < -0.39 is 0 Å². The third-order valence-corrected chi connectivity index (χ3v) is 4.85. The van der Waals surface area contributed by atoms with Crippen LogP contribution in [0.15, 0.2) is 54.6 Å². The lowest BCUT2D eigenvalue weighted by Gasteiger charge is -2.27. The van der Waals surface area contributed by atoms with Crippen molar-refractivity contribution in [3.05, 3.63) is 71.8 Å². The number of anilines is 2. The Morgan fingerprint density at radius 3 is 2.50 bits per heavy atom. The number of amides is 1. The fourth-order valence-corrected chi connectivity index (χ4v) is 3.30. The first-order valence-corrected chi connectivity index (χ1v) is 9.11. The zero-order valence-electron chi connectivity index (χ0n) is 15.7. The highest BCUT2D eigenvalue weighted by Gasteiger charge is 2.28. The summed E-state index contributed by atoms with van der Waals surface area (Å²) in [5.41, 5.74) is 2.96. The number of carbonyl (C=O) groups excluding carboxylic acids is 1. The summed E-state index contributed by atoms with van der Waals surface area (Å²) in [5, 5.41) is 7.98.